The molecule has 0 saturated carbocycles. The standard InChI is InChI=1S/C19H23ClN2O3/c1-19(2,3)18(24)22-8-5-13(6-9-22)25-16-10-12-4-7-21-17(23)14(12)11-15(16)20/h4,7,10-11,13H,5-6,8-9H2,1-3H3,(H,21,23). The molecule has 0 unspecified atom stereocenters. The number of hydrogen-bond acceptors (Lipinski definition) is 3. The van der Waals surface area contributed by atoms with Gasteiger partial charge in [-0.25, -0.2) is 0 Å². The smallest absolute Gasteiger partial charge is 0.255 e. The number of fused-ring (bicyclic) bond motifs is 1. The van der Waals surface area contributed by atoms with E-state index in [-0.39, 0.29) is 23.0 Å². The van der Waals surface area contributed by atoms with Crippen molar-refractivity contribution in [2.24, 2.45) is 5.41 Å². The van der Waals surface area contributed by atoms with E-state index in [1.165, 1.54) is 0 Å². The highest BCUT2D eigenvalue weighted by Crippen LogP contribution is 2.31. The van der Waals surface area contributed by atoms with Crippen LogP contribution in [0.25, 0.3) is 10.8 Å². The number of nitrogens with zero attached hydrogens (tertiary/aromatic N) is 1. The van der Waals surface area contributed by atoms with Crippen LogP contribution in [0.2, 0.25) is 5.02 Å². The first-order valence-electron chi connectivity index (χ1n) is 8.52. The number of halogens is 1. The van der Waals surface area contributed by atoms with Gasteiger partial charge in [0.25, 0.3) is 5.56 Å². The Kier molecular flexibility index (Phi) is 4.78. The molecule has 2 heterocycles. The van der Waals surface area contributed by atoms with Gasteiger partial charge in [-0.05, 0) is 23.6 Å². The van der Waals surface area contributed by atoms with Crippen LogP contribution in [0.1, 0.15) is 33.6 Å². The van der Waals surface area contributed by atoms with E-state index in [0.29, 0.717) is 29.2 Å². The van der Waals surface area contributed by atoms with Crippen molar-refractivity contribution in [2.75, 3.05) is 13.1 Å². The van der Waals surface area contributed by atoms with Crippen molar-refractivity contribution in [3.05, 3.63) is 39.8 Å². The van der Waals surface area contributed by atoms with E-state index < -0.39 is 0 Å². The van der Waals surface area contributed by atoms with Crippen LogP contribution in [0.3, 0.4) is 0 Å². The lowest BCUT2D eigenvalue weighted by atomic mass is 9.93. The van der Waals surface area contributed by atoms with Crippen LogP contribution in [-0.4, -0.2) is 35.0 Å². The molecule has 1 fully saturated rings. The molecule has 0 aliphatic carbocycles. The average molecular weight is 363 g/mol. The van der Waals surface area contributed by atoms with E-state index >= 15 is 0 Å². The number of nitrogens with one attached hydrogen (secondary N) is 1. The molecule has 1 N–H and O–H groups in total. The molecule has 134 valence electrons. The Morgan fingerprint density at radius 2 is 1.96 bits per heavy atom. The van der Waals surface area contributed by atoms with Gasteiger partial charge in [0.05, 0.1) is 5.02 Å². The molecule has 0 radical (unpaired) electrons. The third-order valence-corrected chi connectivity index (χ3v) is 4.79. The molecule has 1 aliphatic heterocycles. The van der Waals surface area contributed by atoms with E-state index in [0.717, 1.165) is 18.2 Å². The number of carbonyl (C=O) groups excluding carboxylic acids is 1. The van der Waals surface area contributed by atoms with Crippen molar-refractivity contribution in [1.29, 1.82) is 0 Å². The predicted molar refractivity (Wildman–Crippen MR) is 99.3 cm³/mol. The molecule has 0 bridgehead atoms. The van der Waals surface area contributed by atoms with Crippen molar-refractivity contribution in [3.8, 4) is 5.75 Å². The summed E-state index contributed by atoms with van der Waals surface area (Å²) in [5, 5.41) is 1.77. The third kappa shape index (κ3) is 3.82. The zero-order valence-corrected chi connectivity index (χ0v) is 15.5. The monoisotopic (exact) mass is 362 g/mol. The number of benzene rings is 1. The van der Waals surface area contributed by atoms with Crippen molar-refractivity contribution in [1.82, 2.24) is 9.88 Å². The number of H-pyrrole nitrogens is 1. The number of carbonyl (C=O) groups is 1. The van der Waals surface area contributed by atoms with Gasteiger partial charge in [-0.2, -0.15) is 0 Å². The molecule has 1 amide bonds. The average Bonchev–Trinajstić information content (AvgIpc) is 2.56. The van der Waals surface area contributed by atoms with Crippen molar-refractivity contribution in [3.63, 3.8) is 0 Å². The fourth-order valence-corrected chi connectivity index (χ4v) is 3.32. The summed E-state index contributed by atoms with van der Waals surface area (Å²) in [5.74, 6) is 0.759. The zero-order valence-electron chi connectivity index (χ0n) is 14.8. The lowest BCUT2D eigenvalue weighted by Gasteiger charge is -2.35. The Bertz CT molecular complexity index is 846. The molecule has 3 rings (SSSR count). The highest BCUT2D eigenvalue weighted by atomic mass is 35.5. The minimum atomic E-state index is -0.359. The van der Waals surface area contributed by atoms with Gasteiger partial charge in [0.1, 0.15) is 11.9 Å². The van der Waals surface area contributed by atoms with Crippen LogP contribution in [0.4, 0.5) is 0 Å². The maximum absolute atomic E-state index is 12.3. The van der Waals surface area contributed by atoms with Crippen molar-refractivity contribution < 1.29 is 9.53 Å². The van der Waals surface area contributed by atoms with Gasteiger partial charge >= 0.3 is 0 Å². The third-order valence-electron chi connectivity index (χ3n) is 4.49. The Morgan fingerprint density at radius 1 is 1.28 bits per heavy atom. The molecule has 6 heteroatoms. The Hall–Kier alpha value is -2.01. The van der Waals surface area contributed by atoms with E-state index in [2.05, 4.69) is 4.98 Å². The number of pyridine rings is 1. The van der Waals surface area contributed by atoms with Gasteiger partial charge in [0.15, 0.2) is 0 Å². The highest BCUT2D eigenvalue weighted by Gasteiger charge is 2.31. The number of ether oxygens (including phenoxy) is 1. The summed E-state index contributed by atoms with van der Waals surface area (Å²) < 4.78 is 6.07. The van der Waals surface area contributed by atoms with Gasteiger partial charge < -0.3 is 14.6 Å². The highest BCUT2D eigenvalue weighted by molar-refractivity contribution is 6.32. The molecule has 25 heavy (non-hydrogen) atoms. The number of aromatic amines is 1. The van der Waals surface area contributed by atoms with Crippen molar-refractivity contribution >= 4 is 28.3 Å². The summed E-state index contributed by atoms with van der Waals surface area (Å²) in [6, 6.07) is 5.27. The van der Waals surface area contributed by atoms with Crippen LogP contribution >= 0.6 is 11.6 Å². The van der Waals surface area contributed by atoms with Gasteiger partial charge in [-0.1, -0.05) is 32.4 Å². The van der Waals surface area contributed by atoms with Crippen molar-refractivity contribution in [2.45, 2.75) is 39.7 Å². The number of piperidine rings is 1. The Balaban J connectivity index is 1.70. The molecule has 1 aliphatic rings. The maximum atomic E-state index is 12.3. The fraction of sp³-hybridized carbons (Fsp3) is 0.474. The van der Waals surface area contributed by atoms with E-state index in [1.807, 2.05) is 31.7 Å². The Labute approximate surface area is 151 Å². The largest absolute Gasteiger partial charge is 0.489 e. The minimum Gasteiger partial charge on any atom is -0.489 e. The first-order chi connectivity index (χ1) is 11.8. The molecule has 0 spiro atoms. The quantitative estimate of drug-likeness (QED) is 0.887. The SMILES string of the molecule is CC(C)(C)C(=O)N1CCC(Oc2cc3cc[nH]c(=O)c3cc2Cl)CC1. The van der Waals surface area contributed by atoms with Gasteiger partial charge in [0, 0.05) is 42.9 Å². The van der Waals surface area contributed by atoms with E-state index in [9.17, 15) is 9.59 Å². The first-order valence-corrected chi connectivity index (χ1v) is 8.90. The zero-order chi connectivity index (χ0) is 18.2. The topological polar surface area (TPSA) is 62.4 Å². The summed E-state index contributed by atoms with van der Waals surface area (Å²) in [4.78, 5) is 28.7. The second-order valence-corrected chi connectivity index (χ2v) is 7.94. The van der Waals surface area contributed by atoms with E-state index in [1.54, 1.807) is 18.3 Å². The van der Waals surface area contributed by atoms with Crippen LogP contribution in [-0.2, 0) is 4.79 Å². The second kappa shape index (κ2) is 6.71. The number of aromatic nitrogens is 1. The molecule has 1 saturated heterocycles. The lowest BCUT2D eigenvalue weighted by molar-refractivity contribution is -0.141. The summed E-state index contributed by atoms with van der Waals surface area (Å²) in [5.41, 5.74) is -0.525. The second-order valence-electron chi connectivity index (χ2n) is 7.54. The molecular weight excluding hydrogens is 340 g/mol. The number of rotatable bonds is 2. The molecular formula is C19H23ClN2O3. The minimum absolute atomic E-state index is 0.0148. The van der Waals surface area contributed by atoms with Crippen LogP contribution < -0.4 is 10.3 Å². The Morgan fingerprint density at radius 3 is 2.60 bits per heavy atom. The summed E-state index contributed by atoms with van der Waals surface area (Å²) >= 11 is 6.29. The van der Waals surface area contributed by atoms with Gasteiger partial charge in [0.2, 0.25) is 5.91 Å². The number of likely N-dealkylation sites (tertiary alicyclic amines) is 1. The summed E-state index contributed by atoms with van der Waals surface area (Å²) in [6.07, 6.45) is 3.16. The predicted octanol–water partition coefficient (Wildman–Crippen LogP) is 3.60. The van der Waals surface area contributed by atoms with Crippen LogP contribution in [0.5, 0.6) is 5.75 Å². The van der Waals surface area contributed by atoms with Gasteiger partial charge in [-0.3, -0.25) is 9.59 Å². The fourth-order valence-electron chi connectivity index (χ4n) is 3.11. The molecule has 2 aromatic rings. The summed E-state index contributed by atoms with van der Waals surface area (Å²) in [6.45, 7) is 7.19. The molecule has 1 aromatic heterocycles. The molecule has 5 nitrogen and oxygen atoms in total. The number of hydrogen-bond donors (Lipinski definition) is 1. The first kappa shape index (κ1) is 17.8. The summed E-state index contributed by atoms with van der Waals surface area (Å²) in [7, 11) is 0. The maximum Gasteiger partial charge on any atom is 0.255 e. The lowest BCUT2D eigenvalue weighted by Crippen LogP contribution is -2.46. The van der Waals surface area contributed by atoms with Crippen LogP contribution in [0.15, 0.2) is 29.2 Å². The van der Waals surface area contributed by atoms with Crippen LogP contribution in [0, 0.1) is 5.41 Å². The van der Waals surface area contributed by atoms with E-state index in [4.69, 9.17) is 16.3 Å². The number of amides is 1. The normalized spacial score (nSPS) is 16.2. The molecule has 0 atom stereocenters. The van der Waals surface area contributed by atoms with Gasteiger partial charge in [-0.15, -0.1) is 0 Å². The molecule has 1 aromatic carbocycles.